The van der Waals surface area contributed by atoms with Gasteiger partial charge in [0.1, 0.15) is 0 Å². The Hall–Kier alpha value is -0.0800. The summed E-state index contributed by atoms with van der Waals surface area (Å²) in [7, 11) is 0. The first-order valence-corrected chi connectivity index (χ1v) is 7.14. The maximum Gasteiger partial charge on any atom is 0.0720 e. The van der Waals surface area contributed by atoms with E-state index in [1.54, 1.807) is 0 Å². The van der Waals surface area contributed by atoms with Crippen LogP contribution in [0.25, 0.3) is 0 Å². The van der Waals surface area contributed by atoms with Crippen molar-refractivity contribution in [3.63, 3.8) is 0 Å². The summed E-state index contributed by atoms with van der Waals surface area (Å²) in [6.45, 7) is 2.33. The fraction of sp³-hybridized carbons (Fsp3) is 1.00. The third-order valence-electron chi connectivity index (χ3n) is 5.28. The summed E-state index contributed by atoms with van der Waals surface area (Å²) in [6, 6.07) is 0. The Labute approximate surface area is 100 Å². The SMILES string of the molecule is CC1(C(N)(N)C2CCCCC2)CCCCC1. The molecule has 16 heavy (non-hydrogen) atoms. The molecule has 2 fully saturated rings. The minimum Gasteiger partial charge on any atom is -0.313 e. The van der Waals surface area contributed by atoms with E-state index in [9.17, 15) is 0 Å². The molecular weight excluding hydrogens is 196 g/mol. The number of hydrogen-bond acceptors (Lipinski definition) is 2. The van der Waals surface area contributed by atoms with Crippen molar-refractivity contribution in [3.05, 3.63) is 0 Å². The van der Waals surface area contributed by atoms with Gasteiger partial charge in [0.15, 0.2) is 0 Å². The Morgan fingerprint density at radius 2 is 1.38 bits per heavy atom. The molecule has 0 unspecified atom stereocenters. The Morgan fingerprint density at radius 3 is 1.94 bits per heavy atom. The van der Waals surface area contributed by atoms with Crippen LogP contribution in [0.15, 0.2) is 0 Å². The summed E-state index contributed by atoms with van der Waals surface area (Å²) < 4.78 is 0. The van der Waals surface area contributed by atoms with Crippen molar-refractivity contribution in [2.45, 2.75) is 76.8 Å². The molecule has 0 heterocycles. The first-order valence-electron chi connectivity index (χ1n) is 7.14. The standard InChI is InChI=1S/C14H28N2/c1-13(10-6-3-7-11-13)14(15,16)12-8-4-2-5-9-12/h12H,2-11,15-16H2,1H3. The van der Waals surface area contributed by atoms with E-state index < -0.39 is 5.66 Å². The van der Waals surface area contributed by atoms with E-state index in [0.29, 0.717) is 5.92 Å². The summed E-state index contributed by atoms with van der Waals surface area (Å²) in [5.41, 5.74) is 12.9. The molecule has 0 aliphatic heterocycles. The van der Waals surface area contributed by atoms with Gasteiger partial charge in [-0.15, -0.1) is 0 Å². The Morgan fingerprint density at radius 1 is 0.875 bits per heavy atom. The van der Waals surface area contributed by atoms with Crippen molar-refractivity contribution in [2.24, 2.45) is 22.8 Å². The average Bonchev–Trinajstić information content (AvgIpc) is 2.31. The van der Waals surface area contributed by atoms with E-state index in [2.05, 4.69) is 6.92 Å². The Balaban J connectivity index is 2.08. The zero-order chi connectivity index (χ0) is 11.6. The van der Waals surface area contributed by atoms with Gasteiger partial charge in [0.25, 0.3) is 0 Å². The molecule has 0 spiro atoms. The van der Waals surface area contributed by atoms with Crippen molar-refractivity contribution in [3.8, 4) is 0 Å². The lowest BCUT2D eigenvalue weighted by Gasteiger charge is -2.51. The van der Waals surface area contributed by atoms with Crippen molar-refractivity contribution >= 4 is 0 Å². The number of rotatable bonds is 2. The van der Waals surface area contributed by atoms with Crippen LogP contribution >= 0.6 is 0 Å². The van der Waals surface area contributed by atoms with Gasteiger partial charge in [-0.25, -0.2) is 0 Å². The molecule has 2 nitrogen and oxygen atoms in total. The normalized spacial score (nSPS) is 27.9. The Kier molecular flexibility index (Phi) is 3.60. The third kappa shape index (κ3) is 2.14. The lowest BCUT2D eigenvalue weighted by atomic mass is 9.61. The van der Waals surface area contributed by atoms with Gasteiger partial charge in [0, 0.05) is 0 Å². The third-order valence-corrected chi connectivity index (χ3v) is 5.28. The van der Waals surface area contributed by atoms with Gasteiger partial charge in [-0.05, 0) is 37.0 Å². The molecule has 0 radical (unpaired) electrons. The van der Waals surface area contributed by atoms with E-state index in [1.165, 1.54) is 64.2 Å². The largest absolute Gasteiger partial charge is 0.313 e. The minimum atomic E-state index is -0.423. The lowest BCUT2D eigenvalue weighted by molar-refractivity contribution is 0.0274. The van der Waals surface area contributed by atoms with Crippen molar-refractivity contribution < 1.29 is 0 Å². The quantitative estimate of drug-likeness (QED) is 0.708. The van der Waals surface area contributed by atoms with Gasteiger partial charge in [-0.1, -0.05) is 45.4 Å². The van der Waals surface area contributed by atoms with Gasteiger partial charge in [0.2, 0.25) is 0 Å². The first kappa shape index (κ1) is 12.4. The maximum atomic E-state index is 6.58. The van der Waals surface area contributed by atoms with Crippen LogP contribution in [0.3, 0.4) is 0 Å². The minimum absolute atomic E-state index is 0.188. The van der Waals surface area contributed by atoms with Crippen LogP contribution in [-0.4, -0.2) is 5.66 Å². The summed E-state index contributed by atoms with van der Waals surface area (Å²) in [6.07, 6.45) is 13.0. The highest BCUT2D eigenvalue weighted by atomic mass is 15.0. The molecule has 0 atom stereocenters. The molecule has 2 saturated carbocycles. The highest BCUT2D eigenvalue weighted by Gasteiger charge is 2.47. The smallest absolute Gasteiger partial charge is 0.0720 e. The van der Waals surface area contributed by atoms with Crippen LogP contribution < -0.4 is 11.5 Å². The van der Waals surface area contributed by atoms with Gasteiger partial charge in [0.05, 0.1) is 5.66 Å². The molecule has 0 bridgehead atoms. The van der Waals surface area contributed by atoms with E-state index in [1.807, 2.05) is 0 Å². The molecule has 4 N–H and O–H groups in total. The van der Waals surface area contributed by atoms with E-state index >= 15 is 0 Å². The summed E-state index contributed by atoms with van der Waals surface area (Å²) in [5.74, 6) is 0.560. The topological polar surface area (TPSA) is 52.0 Å². The average molecular weight is 224 g/mol. The molecule has 94 valence electrons. The summed E-state index contributed by atoms with van der Waals surface area (Å²) in [4.78, 5) is 0. The van der Waals surface area contributed by atoms with Crippen LogP contribution in [0.1, 0.15) is 71.1 Å². The molecule has 2 aliphatic carbocycles. The second-order valence-electron chi connectivity index (χ2n) is 6.39. The van der Waals surface area contributed by atoms with E-state index in [0.717, 1.165) is 0 Å². The predicted molar refractivity (Wildman–Crippen MR) is 68.9 cm³/mol. The van der Waals surface area contributed by atoms with Crippen LogP contribution in [0, 0.1) is 11.3 Å². The van der Waals surface area contributed by atoms with Gasteiger partial charge in [-0.3, -0.25) is 0 Å². The molecule has 0 saturated heterocycles. The number of hydrogen-bond donors (Lipinski definition) is 2. The summed E-state index contributed by atoms with van der Waals surface area (Å²) >= 11 is 0. The van der Waals surface area contributed by atoms with E-state index in [4.69, 9.17) is 11.5 Å². The highest BCUT2D eigenvalue weighted by Crippen LogP contribution is 2.47. The maximum absolute atomic E-state index is 6.58. The fourth-order valence-electron chi connectivity index (χ4n) is 3.84. The van der Waals surface area contributed by atoms with Crippen LogP contribution in [0.5, 0.6) is 0 Å². The van der Waals surface area contributed by atoms with E-state index in [-0.39, 0.29) is 5.41 Å². The molecule has 2 heteroatoms. The molecule has 0 aromatic rings. The second-order valence-corrected chi connectivity index (χ2v) is 6.39. The fourth-order valence-corrected chi connectivity index (χ4v) is 3.84. The Bertz CT molecular complexity index is 223. The van der Waals surface area contributed by atoms with Crippen molar-refractivity contribution in [2.75, 3.05) is 0 Å². The lowest BCUT2D eigenvalue weighted by Crippen LogP contribution is -2.66. The van der Waals surface area contributed by atoms with Gasteiger partial charge in [-0.2, -0.15) is 0 Å². The molecule has 0 amide bonds. The zero-order valence-corrected chi connectivity index (χ0v) is 10.8. The van der Waals surface area contributed by atoms with Gasteiger partial charge < -0.3 is 11.5 Å². The van der Waals surface area contributed by atoms with Gasteiger partial charge >= 0.3 is 0 Å². The zero-order valence-electron chi connectivity index (χ0n) is 10.8. The molecule has 2 rings (SSSR count). The first-order chi connectivity index (χ1) is 7.56. The number of nitrogens with two attached hydrogens (primary N) is 2. The van der Waals surface area contributed by atoms with Crippen LogP contribution in [0.4, 0.5) is 0 Å². The molecular formula is C14H28N2. The van der Waals surface area contributed by atoms with Crippen LogP contribution in [-0.2, 0) is 0 Å². The highest BCUT2D eigenvalue weighted by molar-refractivity contribution is 5.01. The van der Waals surface area contributed by atoms with Crippen LogP contribution in [0.2, 0.25) is 0 Å². The second kappa shape index (κ2) is 4.66. The predicted octanol–water partition coefficient (Wildman–Crippen LogP) is 3.15. The molecule has 0 aromatic heterocycles. The van der Waals surface area contributed by atoms with Crippen molar-refractivity contribution in [1.82, 2.24) is 0 Å². The molecule has 0 aromatic carbocycles. The van der Waals surface area contributed by atoms with Crippen molar-refractivity contribution in [1.29, 1.82) is 0 Å². The summed E-state index contributed by atoms with van der Waals surface area (Å²) in [5, 5.41) is 0. The monoisotopic (exact) mass is 224 g/mol. The molecule has 2 aliphatic rings.